The molecule has 4 heterocycles. The number of hydrogen-bond acceptors (Lipinski definition) is 8. The molecule has 6 atom stereocenters. The lowest BCUT2D eigenvalue weighted by Crippen LogP contribution is -2.36. The number of aliphatic hydroxyl groups is 1. The number of hydrogen-bond donors (Lipinski definition) is 1. The van der Waals surface area contributed by atoms with Crippen LogP contribution in [0.4, 0.5) is 8.78 Å². The molecule has 0 radical (unpaired) electrons. The Hall–Kier alpha value is -2.14. The Morgan fingerprint density at radius 1 is 1.17 bits per heavy atom. The van der Waals surface area contributed by atoms with Crippen LogP contribution in [0.1, 0.15) is 80.7 Å². The van der Waals surface area contributed by atoms with Crippen LogP contribution in [0.3, 0.4) is 0 Å². The third kappa shape index (κ3) is 4.64. The summed E-state index contributed by atoms with van der Waals surface area (Å²) in [7, 11) is 0. The predicted molar refractivity (Wildman–Crippen MR) is 121 cm³/mol. The van der Waals surface area contributed by atoms with Crippen molar-refractivity contribution in [3.8, 4) is 5.75 Å². The van der Waals surface area contributed by atoms with E-state index in [-0.39, 0.29) is 42.2 Å². The normalized spacial score (nSPS) is 35.2. The molecule has 11 heteroatoms. The van der Waals surface area contributed by atoms with E-state index in [0.717, 1.165) is 6.92 Å². The molecular weight excluding hydrogens is 498 g/mol. The van der Waals surface area contributed by atoms with Gasteiger partial charge in [-0.3, -0.25) is 4.79 Å². The van der Waals surface area contributed by atoms with Crippen molar-refractivity contribution in [2.45, 2.75) is 93.9 Å². The number of aliphatic hydroxyl groups excluding tert-OH is 1. The molecule has 8 nitrogen and oxygen atoms in total. The third-order valence-electron chi connectivity index (χ3n) is 7.80. The molecule has 6 rings (SSSR count). The average molecular weight is 525 g/mol. The molecule has 3 aliphatic heterocycles. The summed E-state index contributed by atoms with van der Waals surface area (Å²) in [5, 5.41) is 19.3. The zero-order valence-electron chi connectivity index (χ0n) is 19.6. The van der Waals surface area contributed by atoms with Gasteiger partial charge in [0.05, 0.1) is 30.3 Å². The standard InChI is InChI=1S/C25H27ClF2N2O6/c1-25(27,28)36-14-4-12(5-14)23-29-30-24(35-23)16-9-20-11(7-21(16)34-20)6-18(32)22-10-17(31)15-8-13(26)2-3-19(15)33-22/h2-3,8,11-12,14,16-17,20-22,31H,4-7,9-10H2,1H3/t11-,12?,14?,16-,17+,20+,21+,22+/m1/s1. The Kier molecular flexibility index (Phi) is 6.06. The smallest absolute Gasteiger partial charge is 0.353 e. The molecule has 1 aromatic heterocycles. The van der Waals surface area contributed by atoms with Gasteiger partial charge in [-0.05, 0) is 49.8 Å². The van der Waals surface area contributed by atoms with Crippen molar-refractivity contribution in [1.82, 2.24) is 10.2 Å². The van der Waals surface area contributed by atoms with Crippen LogP contribution < -0.4 is 4.74 Å². The molecule has 4 aliphatic rings. The Bertz CT molecular complexity index is 1150. The lowest BCUT2D eigenvalue weighted by atomic mass is 9.79. The van der Waals surface area contributed by atoms with Crippen LogP contribution in [0.2, 0.25) is 5.02 Å². The summed E-state index contributed by atoms with van der Waals surface area (Å²) in [6.45, 7) is 0.738. The minimum absolute atomic E-state index is 0.0425. The minimum Gasteiger partial charge on any atom is -0.482 e. The van der Waals surface area contributed by atoms with E-state index in [1.165, 1.54) is 0 Å². The molecule has 1 aromatic carbocycles. The summed E-state index contributed by atoms with van der Waals surface area (Å²) in [5.74, 6) is 1.34. The second kappa shape index (κ2) is 9.01. The Morgan fingerprint density at radius 3 is 2.67 bits per heavy atom. The highest BCUT2D eigenvalue weighted by Crippen LogP contribution is 2.49. The number of ether oxygens (including phenoxy) is 3. The zero-order chi connectivity index (χ0) is 25.2. The van der Waals surface area contributed by atoms with Crippen LogP contribution >= 0.6 is 11.6 Å². The van der Waals surface area contributed by atoms with Crippen molar-refractivity contribution in [3.63, 3.8) is 0 Å². The van der Waals surface area contributed by atoms with E-state index in [9.17, 15) is 18.7 Å². The highest BCUT2D eigenvalue weighted by Gasteiger charge is 2.51. The number of alkyl halides is 2. The number of benzene rings is 1. The molecule has 0 unspecified atom stereocenters. The topological polar surface area (TPSA) is 104 Å². The maximum absolute atomic E-state index is 13.0. The van der Waals surface area contributed by atoms with E-state index >= 15 is 0 Å². The van der Waals surface area contributed by atoms with Gasteiger partial charge < -0.3 is 23.7 Å². The summed E-state index contributed by atoms with van der Waals surface area (Å²) < 4.78 is 48.6. The van der Waals surface area contributed by atoms with E-state index in [1.807, 2.05) is 0 Å². The molecular formula is C25H27ClF2N2O6. The Labute approximate surface area is 211 Å². The second-order valence-electron chi connectivity index (χ2n) is 10.5. The zero-order valence-corrected chi connectivity index (χ0v) is 20.4. The van der Waals surface area contributed by atoms with Crippen LogP contribution in [-0.2, 0) is 14.3 Å². The number of fused-ring (bicyclic) bond motifs is 3. The summed E-state index contributed by atoms with van der Waals surface area (Å²) in [6, 6.07) is 5.02. The number of nitrogens with zero attached hydrogens (tertiary/aromatic N) is 2. The molecule has 0 spiro atoms. The quantitative estimate of drug-likeness (QED) is 0.555. The van der Waals surface area contributed by atoms with Gasteiger partial charge in [-0.15, -0.1) is 10.2 Å². The maximum Gasteiger partial charge on any atom is 0.353 e. The van der Waals surface area contributed by atoms with Crippen LogP contribution in [0.5, 0.6) is 5.75 Å². The first-order valence-electron chi connectivity index (χ1n) is 12.3. The van der Waals surface area contributed by atoms with Crippen molar-refractivity contribution in [1.29, 1.82) is 0 Å². The molecule has 1 saturated carbocycles. The van der Waals surface area contributed by atoms with Gasteiger partial charge in [0.25, 0.3) is 0 Å². The van der Waals surface area contributed by atoms with Crippen molar-refractivity contribution in [2.75, 3.05) is 0 Å². The fourth-order valence-corrected chi connectivity index (χ4v) is 6.13. The highest BCUT2D eigenvalue weighted by atomic mass is 35.5. The number of rotatable bonds is 7. The number of ketones is 1. The van der Waals surface area contributed by atoms with Crippen LogP contribution in [0, 0.1) is 5.92 Å². The summed E-state index contributed by atoms with van der Waals surface area (Å²) >= 11 is 6.01. The van der Waals surface area contributed by atoms with Crippen LogP contribution in [0.15, 0.2) is 22.6 Å². The van der Waals surface area contributed by atoms with Gasteiger partial charge in [0.1, 0.15) is 5.75 Å². The van der Waals surface area contributed by atoms with Gasteiger partial charge in [-0.25, -0.2) is 0 Å². The Balaban J connectivity index is 1.02. The maximum atomic E-state index is 13.0. The van der Waals surface area contributed by atoms with Gasteiger partial charge in [-0.1, -0.05) is 11.6 Å². The molecule has 2 bridgehead atoms. The van der Waals surface area contributed by atoms with Crippen LogP contribution in [-0.4, -0.2) is 51.6 Å². The van der Waals surface area contributed by atoms with Crippen LogP contribution in [0.25, 0.3) is 0 Å². The largest absolute Gasteiger partial charge is 0.482 e. The number of aromatic nitrogens is 2. The van der Waals surface area contributed by atoms with Gasteiger partial charge in [-0.2, -0.15) is 8.78 Å². The Morgan fingerprint density at radius 2 is 1.94 bits per heavy atom. The number of Topliss-reactive ketones (excluding diaryl/α,β-unsaturated/α-hetero) is 1. The van der Waals surface area contributed by atoms with Crippen molar-refractivity contribution in [3.05, 3.63) is 40.6 Å². The monoisotopic (exact) mass is 524 g/mol. The molecule has 2 aromatic rings. The molecule has 3 fully saturated rings. The molecule has 2 saturated heterocycles. The number of carbonyl (C=O) groups excluding carboxylic acids is 1. The van der Waals surface area contributed by atoms with E-state index in [4.69, 9.17) is 25.5 Å². The lowest BCUT2D eigenvalue weighted by molar-refractivity contribution is -0.265. The summed E-state index contributed by atoms with van der Waals surface area (Å²) in [4.78, 5) is 13.0. The lowest BCUT2D eigenvalue weighted by Gasteiger charge is -2.34. The fraction of sp³-hybridized carbons (Fsp3) is 0.640. The fourth-order valence-electron chi connectivity index (χ4n) is 5.95. The minimum atomic E-state index is -3.14. The molecule has 1 aliphatic carbocycles. The first-order valence-corrected chi connectivity index (χ1v) is 12.7. The second-order valence-corrected chi connectivity index (χ2v) is 10.9. The first-order chi connectivity index (χ1) is 17.1. The SMILES string of the molecule is CC(F)(F)OC1CC(c2nnc([C@@H]3C[C@@H]4O[C@H]3C[C@H]4CC(=O)[C@@H]3C[C@H](O)c4cc(Cl)ccc4O3)o2)C1. The summed E-state index contributed by atoms with van der Waals surface area (Å²) in [6.07, 6.45) is -2.61. The van der Waals surface area contributed by atoms with E-state index in [2.05, 4.69) is 14.9 Å². The first kappa shape index (κ1) is 24.2. The summed E-state index contributed by atoms with van der Waals surface area (Å²) in [5.41, 5.74) is 0.602. The van der Waals surface area contributed by atoms with Gasteiger partial charge in [0.2, 0.25) is 11.8 Å². The molecule has 36 heavy (non-hydrogen) atoms. The van der Waals surface area contributed by atoms with E-state index in [1.54, 1.807) is 18.2 Å². The molecule has 1 N–H and O–H groups in total. The molecule has 0 amide bonds. The van der Waals surface area contributed by atoms with Crippen molar-refractivity contribution < 1.29 is 37.3 Å². The van der Waals surface area contributed by atoms with Gasteiger partial charge in [0, 0.05) is 36.3 Å². The average Bonchev–Trinajstić information content (AvgIpc) is 3.51. The van der Waals surface area contributed by atoms with E-state index in [0.29, 0.717) is 60.2 Å². The number of carbonyl (C=O) groups is 1. The van der Waals surface area contributed by atoms with Gasteiger partial charge in [0.15, 0.2) is 11.9 Å². The predicted octanol–water partition coefficient (Wildman–Crippen LogP) is 4.70. The van der Waals surface area contributed by atoms with E-state index < -0.39 is 24.4 Å². The van der Waals surface area contributed by atoms with Gasteiger partial charge >= 0.3 is 6.11 Å². The van der Waals surface area contributed by atoms with Crippen molar-refractivity contribution >= 4 is 17.4 Å². The highest BCUT2D eigenvalue weighted by molar-refractivity contribution is 6.30. The number of halogens is 3. The van der Waals surface area contributed by atoms with Crippen molar-refractivity contribution in [2.24, 2.45) is 5.92 Å². The molecule has 194 valence electrons. The third-order valence-corrected chi connectivity index (χ3v) is 8.03.